The summed E-state index contributed by atoms with van der Waals surface area (Å²) >= 11 is 0. The van der Waals surface area contributed by atoms with Crippen LogP contribution >= 0.6 is 0 Å². The topological polar surface area (TPSA) is 80.7 Å². The van der Waals surface area contributed by atoms with Gasteiger partial charge >= 0.3 is 5.97 Å². The molecule has 1 N–H and O–H groups in total. The van der Waals surface area contributed by atoms with E-state index in [9.17, 15) is 13.2 Å². The zero-order valence-electron chi connectivity index (χ0n) is 12.2. The number of ether oxygens (including phenoxy) is 1. The maximum absolute atomic E-state index is 11.6. The van der Waals surface area contributed by atoms with E-state index >= 15 is 0 Å². The van der Waals surface area contributed by atoms with Gasteiger partial charge in [-0.15, -0.1) is 0 Å². The zero-order valence-corrected chi connectivity index (χ0v) is 13.1. The first-order valence-electron chi connectivity index (χ1n) is 7.21. The number of rotatable bonds is 9. The van der Waals surface area contributed by atoms with Gasteiger partial charge < -0.3 is 4.74 Å². The minimum atomic E-state index is -4.21. The fraction of sp³-hybridized carbons (Fsp3) is 0.562. The minimum Gasteiger partial charge on any atom is -0.427 e. The number of esters is 1. The van der Waals surface area contributed by atoms with E-state index in [-0.39, 0.29) is 24.0 Å². The number of hydrogen-bond donors (Lipinski definition) is 1. The maximum Gasteiger partial charge on any atom is 0.311 e. The van der Waals surface area contributed by atoms with E-state index in [1.54, 1.807) is 0 Å². The highest BCUT2D eigenvalue weighted by Gasteiger charge is 2.10. The SMILES string of the molecule is C.CCCCCCCCC(=O)Oc1ccc(S(=O)(=O)O)cc1. The Morgan fingerprint density at radius 1 is 1.05 bits per heavy atom. The highest BCUT2D eigenvalue weighted by molar-refractivity contribution is 7.85. The summed E-state index contributed by atoms with van der Waals surface area (Å²) in [6.07, 6.45) is 6.91. The normalized spacial score (nSPS) is 10.8. The van der Waals surface area contributed by atoms with E-state index in [1.807, 2.05) is 0 Å². The fourth-order valence-corrected chi connectivity index (χ4v) is 2.39. The molecule has 0 aromatic heterocycles. The van der Waals surface area contributed by atoms with Gasteiger partial charge in [-0.05, 0) is 30.7 Å². The van der Waals surface area contributed by atoms with E-state index in [0.717, 1.165) is 19.3 Å². The van der Waals surface area contributed by atoms with Crippen LogP contribution in [0.25, 0.3) is 0 Å². The molecule has 1 aromatic rings. The van der Waals surface area contributed by atoms with Crippen molar-refractivity contribution < 1.29 is 22.5 Å². The second kappa shape index (κ2) is 10.3. The summed E-state index contributed by atoms with van der Waals surface area (Å²) in [7, 11) is -4.21. The second-order valence-electron chi connectivity index (χ2n) is 4.94. The Labute approximate surface area is 133 Å². The quantitative estimate of drug-likeness (QED) is 0.317. The highest BCUT2D eigenvalue weighted by Crippen LogP contribution is 2.16. The van der Waals surface area contributed by atoms with Crippen molar-refractivity contribution in [2.75, 3.05) is 0 Å². The highest BCUT2D eigenvalue weighted by atomic mass is 32.2. The van der Waals surface area contributed by atoms with Crippen LogP contribution < -0.4 is 4.74 Å². The van der Waals surface area contributed by atoms with Gasteiger partial charge in [0.25, 0.3) is 10.1 Å². The molecule has 0 saturated carbocycles. The lowest BCUT2D eigenvalue weighted by Gasteiger charge is -2.05. The van der Waals surface area contributed by atoms with Gasteiger partial charge in [-0.25, -0.2) is 0 Å². The van der Waals surface area contributed by atoms with Crippen molar-refractivity contribution in [2.24, 2.45) is 0 Å². The summed E-state index contributed by atoms with van der Waals surface area (Å²) in [6.45, 7) is 2.16. The summed E-state index contributed by atoms with van der Waals surface area (Å²) in [4.78, 5) is 11.4. The molecule has 0 atom stereocenters. The first kappa shape index (κ1) is 20.6. The van der Waals surface area contributed by atoms with Gasteiger partial charge in [0.2, 0.25) is 0 Å². The van der Waals surface area contributed by atoms with Crippen molar-refractivity contribution >= 4 is 16.1 Å². The molecule has 22 heavy (non-hydrogen) atoms. The van der Waals surface area contributed by atoms with Crippen molar-refractivity contribution in [2.45, 2.75) is 64.2 Å². The van der Waals surface area contributed by atoms with Crippen LogP contribution in [0.3, 0.4) is 0 Å². The predicted molar refractivity (Wildman–Crippen MR) is 86.6 cm³/mol. The van der Waals surface area contributed by atoms with E-state index in [1.165, 1.54) is 43.5 Å². The number of hydrogen-bond acceptors (Lipinski definition) is 4. The predicted octanol–water partition coefficient (Wildman–Crippen LogP) is 4.23. The van der Waals surface area contributed by atoms with Crippen molar-refractivity contribution in [3.05, 3.63) is 24.3 Å². The monoisotopic (exact) mass is 330 g/mol. The molecular weight excluding hydrogens is 304 g/mol. The molecule has 1 rings (SSSR count). The first-order chi connectivity index (χ1) is 9.93. The molecular formula is C16H26O5S. The molecule has 0 bridgehead atoms. The second-order valence-corrected chi connectivity index (χ2v) is 6.36. The molecule has 126 valence electrons. The zero-order chi connectivity index (χ0) is 15.7. The third kappa shape index (κ3) is 8.14. The number of unbranched alkanes of at least 4 members (excludes halogenated alkanes) is 5. The summed E-state index contributed by atoms with van der Waals surface area (Å²) in [6, 6.07) is 5.09. The third-order valence-electron chi connectivity index (χ3n) is 3.09. The van der Waals surface area contributed by atoms with Gasteiger partial charge in [-0.3, -0.25) is 9.35 Å². The van der Waals surface area contributed by atoms with Gasteiger partial charge in [-0.1, -0.05) is 46.5 Å². The Morgan fingerprint density at radius 3 is 2.14 bits per heavy atom. The van der Waals surface area contributed by atoms with Crippen LogP contribution in [0.1, 0.15) is 59.3 Å². The van der Waals surface area contributed by atoms with Crippen LogP contribution in [0.15, 0.2) is 29.2 Å². The first-order valence-corrected chi connectivity index (χ1v) is 8.65. The molecule has 5 nitrogen and oxygen atoms in total. The van der Waals surface area contributed by atoms with Crippen molar-refractivity contribution in [3.63, 3.8) is 0 Å². The molecule has 0 unspecified atom stereocenters. The molecule has 0 spiro atoms. The number of carbonyl (C=O) groups excluding carboxylic acids is 1. The molecule has 6 heteroatoms. The van der Waals surface area contributed by atoms with E-state index in [0.29, 0.717) is 6.42 Å². The van der Waals surface area contributed by atoms with Crippen LogP contribution in [0.4, 0.5) is 0 Å². The Morgan fingerprint density at radius 2 is 1.59 bits per heavy atom. The van der Waals surface area contributed by atoms with Crippen molar-refractivity contribution in [1.29, 1.82) is 0 Å². The molecule has 0 saturated heterocycles. The number of benzene rings is 1. The average Bonchev–Trinajstić information content (AvgIpc) is 2.42. The fourth-order valence-electron chi connectivity index (χ4n) is 1.91. The smallest absolute Gasteiger partial charge is 0.311 e. The lowest BCUT2D eigenvalue weighted by atomic mass is 10.1. The molecule has 0 radical (unpaired) electrons. The molecule has 0 fully saturated rings. The van der Waals surface area contributed by atoms with Crippen molar-refractivity contribution in [1.82, 2.24) is 0 Å². The van der Waals surface area contributed by atoms with E-state index < -0.39 is 10.1 Å². The lowest BCUT2D eigenvalue weighted by Crippen LogP contribution is -2.07. The van der Waals surface area contributed by atoms with Crippen LogP contribution in [0, 0.1) is 0 Å². The molecule has 0 amide bonds. The van der Waals surface area contributed by atoms with Crippen molar-refractivity contribution in [3.8, 4) is 5.75 Å². The summed E-state index contributed by atoms with van der Waals surface area (Å²) in [5.74, 6) is -0.0523. The Kier molecular flexibility index (Phi) is 9.69. The summed E-state index contributed by atoms with van der Waals surface area (Å²) in [5.41, 5.74) is 0. The van der Waals surface area contributed by atoms with Gasteiger partial charge in [0, 0.05) is 6.42 Å². The standard InChI is InChI=1S/C15H22O5S.CH4/c1-2-3-4-5-6-7-8-15(16)20-13-9-11-14(12-10-13)21(17,18)19;/h9-12H,2-8H2,1H3,(H,17,18,19);1H4. The van der Waals surface area contributed by atoms with E-state index in [2.05, 4.69) is 6.92 Å². The third-order valence-corrected chi connectivity index (χ3v) is 3.96. The molecule has 0 heterocycles. The van der Waals surface area contributed by atoms with Crippen LogP contribution in [0.2, 0.25) is 0 Å². The van der Waals surface area contributed by atoms with E-state index in [4.69, 9.17) is 9.29 Å². The minimum absolute atomic E-state index is 0. The molecule has 0 aliphatic rings. The Bertz CT molecular complexity index is 534. The van der Waals surface area contributed by atoms with Crippen LogP contribution in [0.5, 0.6) is 5.75 Å². The van der Waals surface area contributed by atoms with Crippen LogP contribution in [-0.4, -0.2) is 18.9 Å². The molecule has 1 aromatic carbocycles. The van der Waals surface area contributed by atoms with Gasteiger partial charge in [-0.2, -0.15) is 8.42 Å². The largest absolute Gasteiger partial charge is 0.427 e. The number of carbonyl (C=O) groups is 1. The van der Waals surface area contributed by atoms with Gasteiger partial charge in [0.15, 0.2) is 0 Å². The maximum atomic E-state index is 11.6. The Hall–Kier alpha value is -1.40. The molecule has 0 aliphatic carbocycles. The molecule has 0 aliphatic heterocycles. The van der Waals surface area contributed by atoms with Crippen LogP contribution in [-0.2, 0) is 14.9 Å². The van der Waals surface area contributed by atoms with Gasteiger partial charge in [0.05, 0.1) is 4.90 Å². The average molecular weight is 330 g/mol. The Balaban J connectivity index is 0.00000441. The lowest BCUT2D eigenvalue weighted by molar-refractivity contribution is -0.134. The summed E-state index contributed by atoms with van der Waals surface area (Å²) in [5, 5.41) is 0. The summed E-state index contributed by atoms with van der Waals surface area (Å²) < 4.78 is 35.7. The van der Waals surface area contributed by atoms with Gasteiger partial charge in [0.1, 0.15) is 5.75 Å².